The van der Waals surface area contributed by atoms with Gasteiger partial charge in [0.15, 0.2) is 5.96 Å². The number of thioether (sulfide) groups is 1. The van der Waals surface area contributed by atoms with E-state index in [1.165, 1.54) is 9.88 Å². The van der Waals surface area contributed by atoms with Crippen molar-refractivity contribution in [3.8, 4) is 0 Å². The number of halogens is 1. The topological polar surface area (TPSA) is 49.3 Å². The average Bonchev–Trinajstić information content (AvgIpc) is 2.75. The maximum absolute atomic E-state index is 4.50. The largest absolute Gasteiger partial charge is 0.357 e. The van der Waals surface area contributed by atoms with Gasteiger partial charge < -0.3 is 10.6 Å². The zero-order chi connectivity index (χ0) is 13.2. The standard InChI is InChI=1S/C12H22N4S2.HI/c1-4-13-12(15-7-8-17-3)14-6-5-11-16-9-10(2)18-11;/h9H,4-8H2,1-3H3,(H2,13,14,15);1H. The summed E-state index contributed by atoms with van der Waals surface area (Å²) >= 11 is 3.57. The lowest BCUT2D eigenvalue weighted by Crippen LogP contribution is -2.38. The molecule has 110 valence electrons. The van der Waals surface area contributed by atoms with Crippen molar-refractivity contribution in [3.05, 3.63) is 16.1 Å². The monoisotopic (exact) mass is 414 g/mol. The highest BCUT2D eigenvalue weighted by molar-refractivity contribution is 14.0. The predicted octanol–water partition coefficient (Wildman–Crippen LogP) is 2.53. The molecule has 0 radical (unpaired) electrons. The van der Waals surface area contributed by atoms with Crippen LogP contribution in [0.2, 0.25) is 0 Å². The molecule has 1 rings (SSSR count). The van der Waals surface area contributed by atoms with Gasteiger partial charge in [-0.3, -0.25) is 4.99 Å². The Morgan fingerprint density at radius 2 is 2.26 bits per heavy atom. The van der Waals surface area contributed by atoms with Crippen molar-refractivity contribution in [3.63, 3.8) is 0 Å². The summed E-state index contributed by atoms with van der Waals surface area (Å²) in [4.78, 5) is 10.1. The van der Waals surface area contributed by atoms with E-state index in [9.17, 15) is 0 Å². The fourth-order valence-corrected chi connectivity index (χ4v) is 2.46. The van der Waals surface area contributed by atoms with Crippen LogP contribution in [0.5, 0.6) is 0 Å². The first-order valence-corrected chi connectivity index (χ1v) is 8.39. The van der Waals surface area contributed by atoms with E-state index in [1.54, 1.807) is 11.3 Å². The van der Waals surface area contributed by atoms with Crippen LogP contribution in [-0.4, -0.2) is 42.6 Å². The smallest absolute Gasteiger partial charge is 0.191 e. The minimum atomic E-state index is 0. The molecule has 0 spiro atoms. The van der Waals surface area contributed by atoms with E-state index in [0.717, 1.165) is 37.8 Å². The van der Waals surface area contributed by atoms with Crippen LogP contribution in [0.1, 0.15) is 16.8 Å². The number of hydrogen-bond acceptors (Lipinski definition) is 4. The first kappa shape index (κ1) is 19.0. The minimum absolute atomic E-state index is 0. The first-order chi connectivity index (χ1) is 8.76. The molecule has 1 aromatic rings. The number of aromatic nitrogens is 1. The molecule has 0 amide bonds. The third-order valence-electron chi connectivity index (χ3n) is 2.21. The van der Waals surface area contributed by atoms with Crippen LogP contribution in [0.15, 0.2) is 11.2 Å². The summed E-state index contributed by atoms with van der Waals surface area (Å²) in [5.41, 5.74) is 0. The van der Waals surface area contributed by atoms with Crippen LogP contribution in [0, 0.1) is 6.92 Å². The Hall–Kier alpha value is -0.0200. The summed E-state index contributed by atoms with van der Waals surface area (Å²) in [7, 11) is 0. The number of hydrogen-bond donors (Lipinski definition) is 2. The molecule has 19 heavy (non-hydrogen) atoms. The summed E-state index contributed by atoms with van der Waals surface area (Å²) in [5, 5.41) is 7.76. The molecular formula is C12H23IN4S2. The number of thiazole rings is 1. The van der Waals surface area contributed by atoms with Gasteiger partial charge in [-0.2, -0.15) is 11.8 Å². The van der Waals surface area contributed by atoms with Crippen molar-refractivity contribution in [1.29, 1.82) is 0 Å². The molecule has 0 saturated heterocycles. The number of rotatable bonds is 7. The Labute approximate surface area is 141 Å². The molecule has 1 heterocycles. The minimum Gasteiger partial charge on any atom is -0.357 e. The Balaban J connectivity index is 0.00000324. The molecule has 0 aromatic carbocycles. The van der Waals surface area contributed by atoms with Crippen LogP contribution in [0.25, 0.3) is 0 Å². The summed E-state index contributed by atoms with van der Waals surface area (Å²) in [6.45, 7) is 6.78. The molecule has 0 saturated carbocycles. The summed E-state index contributed by atoms with van der Waals surface area (Å²) in [6, 6.07) is 0. The molecule has 0 aliphatic carbocycles. The van der Waals surface area contributed by atoms with E-state index in [2.05, 4.69) is 40.7 Å². The van der Waals surface area contributed by atoms with E-state index in [4.69, 9.17) is 0 Å². The number of aryl methyl sites for hydroxylation is 1. The normalized spacial score (nSPS) is 11.0. The molecule has 0 bridgehead atoms. The average molecular weight is 414 g/mol. The number of nitrogens with zero attached hydrogens (tertiary/aromatic N) is 2. The van der Waals surface area contributed by atoms with Gasteiger partial charge in [0.05, 0.1) is 11.6 Å². The van der Waals surface area contributed by atoms with E-state index in [-0.39, 0.29) is 24.0 Å². The van der Waals surface area contributed by atoms with E-state index >= 15 is 0 Å². The SMILES string of the molecule is CCNC(=NCCSC)NCCc1ncc(C)s1.I. The molecular weight excluding hydrogens is 391 g/mol. The molecule has 0 unspecified atom stereocenters. The second-order valence-corrected chi connectivity index (χ2v) is 6.10. The molecule has 0 aliphatic rings. The highest BCUT2D eigenvalue weighted by Crippen LogP contribution is 2.10. The molecule has 0 aliphatic heterocycles. The summed E-state index contributed by atoms with van der Waals surface area (Å²) in [5.74, 6) is 1.96. The number of guanidine groups is 1. The Bertz CT molecular complexity index is 368. The fourth-order valence-electron chi connectivity index (χ4n) is 1.40. The number of aliphatic imine (C=N–C) groups is 1. The Morgan fingerprint density at radius 3 is 2.84 bits per heavy atom. The van der Waals surface area contributed by atoms with Gasteiger partial charge in [-0.15, -0.1) is 35.3 Å². The van der Waals surface area contributed by atoms with Gasteiger partial charge in [0.1, 0.15) is 0 Å². The predicted molar refractivity (Wildman–Crippen MR) is 98.3 cm³/mol. The summed E-state index contributed by atoms with van der Waals surface area (Å²) in [6.07, 6.45) is 4.98. The molecule has 1 aromatic heterocycles. The van der Waals surface area contributed by atoms with Gasteiger partial charge in [-0.05, 0) is 20.1 Å². The van der Waals surface area contributed by atoms with Crippen molar-refractivity contribution in [1.82, 2.24) is 15.6 Å². The quantitative estimate of drug-likeness (QED) is 0.312. The van der Waals surface area contributed by atoms with Gasteiger partial charge >= 0.3 is 0 Å². The van der Waals surface area contributed by atoms with Crippen molar-refractivity contribution in [2.75, 3.05) is 31.6 Å². The van der Waals surface area contributed by atoms with E-state index in [0.29, 0.717) is 0 Å². The van der Waals surface area contributed by atoms with E-state index in [1.807, 2.05) is 18.0 Å². The van der Waals surface area contributed by atoms with Gasteiger partial charge in [-0.25, -0.2) is 4.98 Å². The van der Waals surface area contributed by atoms with Crippen molar-refractivity contribution >= 4 is 53.0 Å². The first-order valence-electron chi connectivity index (χ1n) is 6.18. The van der Waals surface area contributed by atoms with Crippen LogP contribution in [-0.2, 0) is 6.42 Å². The molecule has 2 N–H and O–H groups in total. The Kier molecular flexibility index (Phi) is 11.8. The van der Waals surface area contributed by atoms with Gasteiger partial charge in [0, 0.05) is 36.3 Å². The molecule has 7 heteroatoms. The number of nitrogens with one attached hydrogen (secondary N) is 2. The highest BCUT2D eigenvalue weighted by atomic mass is 127. The van der Waals surface area contributed by atoms with E-state index < -0.39 is 0 Å². The van der Waals surface area contributed by atoms with Gasteiger partial charge in [0.25, 0.3) is 0 Å². The van der Waals surface area contributed by atoms with Crippen LogP contribution in [0.4, 0.5) is 0 Å². The molecule has 0 atom stereocenters. The van der Waals surface area contributed by atoms with Crippen molar-refractivity contribution in [2.24, 2.45) is 4.99 Å². The Morgan fingerprint density at radius 1 is 1.47 bits per heavy atom. The van der Waals surface area contributed by atoms with Crippen LogP contribution >= 0.6 is 47.1 Å². The molecule has 4 nitrogen and oxygen atoms in total. The maximum atomic E-state index is 4.50. The highest BCUT2D eigenvalue weighted by Gasteiger charge is 2.00. The van der Waals surface area contributed by atoms with Crippen molar-refractivity contribution in [2.45, 2.75) is 20.3 Å². The van der Waals surface area contributed by atoms with Crippen LogP contribution in [0.3, 0.4) is 0 Å². The lowest BCUT2D eigenvalue weighted by Gasteiger charge is -2.10. The lowest BCUT2D eigenvalue weighted by molar-refractivity contribution is 0.801. The van der Waals surface area contributed by atoms with Gasteiger partial charge in [0.2, 0.25) is 0 Å². The van der Waals surface area contributed by atoms with Gasteiger partial charge in [-0.1, -0.05) is 0 Å². The third-order valence-corrected chi connectivity index (χ3v) is 3.77. The second kappa shape index (κ2) is 11.8. The fraction of sp³-hybridized carbons (Fsp3) is 0.667. The third kappa shape index (κ3) is 8.69. The maximum Gasteiger partial charge on any atom is 0.191 e. The summed E-state index contributed by atoms with van der Waals surface area (Å²) < 4.78 is 0. The lowest BCUT2D eigenvalue weighted by atomic mass is 10.4. The zero-order valence-corrected chi connectivity index (χ0v) is 15.7. The van der Waals surface area contributed by atoms with Crippen molar-refractivity contribution < 1.29 is 0 Å². The molecule has 0 fully saturated rings. The second-order valence-electron chi connectivity index (χ2n) is 3.79. The van der Waals surface area contributed by atoms with Crippen LogP contribution < -0.4 is 10.6 Å². The zero-order valence-electron chi connectivity index (χ0n) is 11.7.